The highest BCUT2D eigenvalue weighted by Crippen LogP contribution is 2.15. The molecule has 1 unspecified atom stereocenters. The molecule has 1 N–H and O–H groups in total. The summed E-state index contributed by atoms with van der Waals surface area (Å²) >= 11 is 0. The van der Waals surface area contributed by atoms with Gasteiger partial charge in [0.05, 0.1) is 6.61 Å². The van der Waals surface area contributed by atoms with Gasteiger partial charge in [0.15, 0.2) is 6.10 Å². The van der Waals surface area contributed by atoms with Crippen LogP contribution in [0.3, 0.4) is 0 Å². The standard InChI is InChI=1S/C41H74O5/c1-3-5-7-9-11-13-15-17-18-19-20-21-22-24-25-27-29-31-33-35-40(43)45-38-39(37-42)46-41(44)36-34-32-30-28-26-23-16-14-12-10-8-6-4-2/h6,8,12,14,23,26,39,42H,3-5,7,9-11,13,15-22,24-25,27-38H2,1-2H3/b8-6-,14-12-,26-23-. The van der Waals surface area contributed by atoms with Gasteiger partial charge in [-0.25, -0.2) is 0 Å². The smallest absolute Gasteiger partial charge is 0.306 e. The second-order valence-electron chi connectivity index (χ2n) is 13.0. The molecule has 0 bridgehead atoms. The Morgan fingerprint density at radius 2 is 0.935 bits per heavy atom. The molecule has 0 aliphatic carbocycles. The maximum Gasteiger partial charge on any atom is 0.306 e. The first-order chi connectivity index (χ1) is 22.6. The van der Waals surface area contributed by atoms with Gasteiger partial charge in [0.1, 0.15) is 6.61 Å². The zero-order chi connectivity index (χ0) is 33.6. The van der Waals surface area contributed by atoms with Crippen molar-refractivity contribution in [3.05, 3.63) is 36.5 Å². The molecule has 0 amide bonds. The minimum absolute atomic E-state index is 0.0751. The van der Waals surface area contributed by atoms with E-state index >= 15 is 0 Å². The van der Waals surface area contributed by atoms with Gasteiger partial charge < -0.3 is 14.6 Å². The third-order valence-corrected chi connectivity index (χ3v) is 8.45. The van der Waals surface area contributed by atoms with Crippen molar-refractivity contribution >= 4 is 11.9 Å². The topological polar surface area (TPSA) is 72.8 Å². The quantitative estimate of drug-likeness (QED) is 0.0421. The molecule has 5 heteroatoms. The number of hydrogen-bond donors (Lipinski definition) is 1. The molecule has 0 heterocycles. The van der Waals surface area contributed by atoms with E-state index in [0.29, 0.717) is 12.8 Å². The Labute approximate surface area is 285 Å². The van der Waals surface area contributed by atoms with Crippen molar-refractivity contribution in [2.24, 2.45) is 0 Å². The van der Waals surface area contributed by atoms with Gasteiger partial charge in [0.25, 0.3) is 0 Å². The number of unbranched alkanes of at least 4 members (excludes halogenated alkanes) is 21. The fourth-order valence-electron chi connectivity index (χ4n) is 5.51. The van der Waals surface area contributed by atoms with Crippen molar-refractivity contribution in [1.29, 1.82) is 0 Å². The van der Waals surface area contributed by atoms with Gasteiger partial charge in [-0.1, -0.05) is 172 Å². The Bertz CT molecular complexity index is 741. The molecular weight excluding hydrogens is 572 g/mol. The van der Waals surface area contributed by atoms with Crippen LogP contribution in [0.15, 0.2) is 36.5 Å². The van der Waals surface area contributed by atoms with Crippen LogP contribution in [0, 0.1) is 0 Å². The largest absolute Gasteiger partial charge is 0.462 e. The summed E-state index contributed by atoms with van der Waals surface area (Å²) < 4.78 is 10.6. The van der Waals surface area contributed by atoms with Gasteiger partial charge in [-0.05, 0) is 44.9 Å². The summed E-state index contributed by atoms with van der Waals surface area (Å²) in [6.45, 7) is 4.00. The summed E-state index contributed by atoms with van der Waals surface area (Å²) in [6.07, 6.45) is 45.0. The van der Waals surface area contributed by atoms with Crippen LogP contribution in [0.5, 0.6) is 0 Å². The lowest BCUT2D eigenvalue weighted by Crippen LogP contribution is -2.28. The molecule has 0 aliphatic rings. The minimum Gasteiger partial charge on any atom is -0.462 e. The van der Waals surface area contributed by atoms with Gasteiger partial charge in [-0.15, -0.1) is 0 Å². The van der Waals surface area contributed by atoms with Crippen LogP contribution in [-0.4, -0.2) is 36.4 Å². The maximum absolute atomic E-state index is 12.1. The molecule has 0 rings (SSSR count). The normalized spacial score (nSPS) is 12.5. The number of ether oxygens (including phenoxy) is 2. The first kappa shape index (κ1) is 44.1. The van der Waals surface area contributed by atoms with E-state index in [1.165, 1.54) is 103 Å². The van der Waals surface area contributed by atoms with E-state index in [-0.39, 0.29) is 25.2 Å². The summed E-state index contributed by atoms with van der Waals surface area (Å²) in [5, 5.41) is 9.53. The Morgan fingerprint density at radius 3 is 1.41 bits per heavy atom. The first-order valence-electron chi connectivity index (χ1n) is 19.5. The molecule has 0 aromatic carbocycles. The van der Waals surface area contributed by atoms with E-state index in [1.54, 1.807) is 0 Å². The number of allylic oxidation sites excluding steroid dienone is 6. The molecule has 0 saturated heterocycles. The lowest BCUT2D eigenvalue weighted by atomic mass is 10.0. The van der Waals surface area contributed by atoms with E-state index < -0.39 is 6.10 Å². The molecule has 0 aliphatic heterocycles. The zero-order valence-electron chi connectivity index (χ0n) is 30.3. The van der Waals surface area contributed by atoms with E-state index in [0.717, 1.165) is 64.2 Å². The molecule has 0 aromatic heterocycles. The molecule has 0 spiro atoms. The molecule has 1 atom stereocenters. The lowest BCUT2D eigenvalue weighted by Gasteiger charge is -2.15. The van der Waals surface area contributed by atoms with Crippen LogP contribution in [0.1, 0.15) is 194 Å². The number of aliphatic hydroxyl groups is 1. The predicted octanol–water partition coefficient (Wildman–Crippen LogP) is 12.1. The SMILES string of the molecule is CC/C=C\C/C=C\C/C=C\CCCCCC(=O)OC(CO)COC(=O)CCCCCCCCCCCCCCCCCCCCC. The molecular formula is C41H74O5. The van der Waals surface area contributed by atoms with Gasteiger partial charge in [-0.3, -0.25) is 9.59 Å². The van der Waals surface area contributed by atoms with Crippen LogP contribution in [-0.2, 0) is 19.1 Å². The van der Waals surface area contributed by atoms with E-state index in [1.807, 2.05) is 0 Å². The highest BCUT2D eigenvalue weighted by Gasteiger charge is 2.16. The highest BCUT2D eigenvalue weighted by atomic mass is 16.6. The monoisotopic (exact) mass is 647 g/mol. The molecule has 0 aromatic rings. The van der Waals surface area contributed by atoms with Crippen LogP contribution >= 0.6 is 0 Å². The summed E-state index contributed by atoms with van der Waals surface area (Å²) in [7, 11) is 0. The van der Waals surface area contributed by atoms with Crippen molar-refractivity contribution in [2.45, 2.75) is 200 Å². The summed E-state index contributed by atoms with van der Waals surface area (Å²) in [4.78, 5) is 24.2. The Morgan fingerprint density at radius 1 is 0.522 bits per heavy atom. The Hall–Kier alpha value is -1.88. The number of carbonyl (C=O) groups is 2. The third-order valence-electron chi connectivity index (χ3n) is 8.45. The summed E-state index contributed by atoms with van der Waals surface area (Å²) in [5.74, 6) is -0.620. The molecule has 268 valence electrons. The number of aliphatic hydroxyl groups excluding tert-OH is 1. The molecule has 5 nitrogen and oxygen atoms in total. The number of rotatable bonds is 35. The number of carbonyl (C=O) groups excluding carboxylic acids is 2. The van der Waals surface area contributed by atoms with Crippen LogP contribution in [0.25, 0.3) is 0 Å². The molecule has 0 radical (unpaired) electrons. The van der Waals surface area contributed by atoms with Gasteiger partial charge in [0.2, 0.25) is 0 Å². The minimum atomic E-state index is -0.782. The van der Waals surface area contributed by atoms with Gasteiger partial charge in [0, 0.05) is 12.8 Å². The van der Waals surface area contributed by atoms with Crippen LogP contribution in [0.2, 0.25) is 0 Å². The zero-order valence-corrected chi connectivity index (χ0v) is 30.3. The van der Waals surface area contributed by atoms with Crippen molar-refractivity contribution < 1.29 is 24.2 Å². The predicted molar refractivity (Wildman–Crippen MR) is 196 cm³/mol. The van der Waals surface area contributed by atoms with Gasteiger partial charge >= 0.3 is 11.9 Å². The van der Waals surface area contributed by atoms with Crippen molar-refractivity contribution in [2.75, 3.05) is 13.2 Å². The lowest BCUT2D eigenvalue weighted by molar-refractivity contribution is -0.161. The van der Waals surface area contributed by atoms with Crippen molar-refractivity contribution in [3.8, 4) is 0 Å². The maximum atomic E-state index is 12.1. The fraction of sp³-hybridized carbons (Fsp3) is 0.805. The Kier molecular flexibility index (Phi) is 36.0. The number of hydrogen-bond acceptors (Lipinski definition) is 5. The first-order valence-corrected chi connectivity index (χ1v) is 19.5. The second-order valence-corrected chi connectivity index (χ2v) is 13.0. The molecule has 46 heavy (non-hydrogen) atoms. The van der Waals surface area contributed by atoms with Crippen LogP contribution < -0.4 is 0 Å². The van der Waals surface area contributed by atoms with E-state index in [4.69, 9.17) is 9.47 Å². The van der Waals surface area contributed by atoms with Crippen LogP contribution in [0.4, 0.5) is 0 Å². The Balaban J connectivity index is 3.54. The average molecular weight is 647 g/mol. The molecule has 0 fully saturated rings. The summed E-state index contributed by atoms with van der Waals surface area (Å²) in [5.41, 5.74) is 0. The van der Waals surface area contributed by atoms with E-state index in [9.17, 15) is 14.7 Å². The van der Waals surface area contributed by atoms with Crippen molar-refractivity contribution in [3.63, 3.8) is 0 Å². The van der Waals surface area contributed by atoms with Gasteiger partial charge in [-0.2, -0.15) is 0 Å². The second kappa shape index (κ2) is 37.6. The highest BCUT2D eigenvalue weighted by molar-refractivity contribution is 5.70. The fourth-order valence-corrected chi connectivity index (χ4v) is 5.51. The third kappa shape index (κ3) is 35.0. The van der Waals surface area contributed by atoms with E-state index in [2.05, 4.69) is 50.3 Å². The number of esters is 2. The summed E-state index contributed by atoms with van der Waals surface area (Å²) in [6, 6.07) is 0. The van der Waals surface area contributed by atoms with Crippen molar-refractivity contribution in [1.82, 2.24) is 0 Å². The molecule has 0 saturated carbocycles. The average Bonchev–Trinajstić information content (AvgIpc) is 3.06.